The molecule has 0 aliphatic carbocycles. The van der Waals surface area contributed by atoms with Crippen molar-refractivity contribution in [1.29, 1.82) is 0 Å². The van der Waals surface area contributed by atoms with Crippen molar-refractivity contribution < 1.29 is 28.6 Å². The summed E-state index contributed by atoms with van der Waals surface area (Å²) in [6.07, 6.45) is 1.60. The zero-order valence-corrected chi connectivity index (χ0v) is 33.8. The normalized spacial score (nSPS) is 17.5. The zero-order chi connectivity index (χ0) is 40.2. The highest BCUT2D eigenvalue weighted by atomic mass is 32.1. The standard InChI is InChI=1S/C46H45N5O6S/c1-27-13-35-37(47-22-33-17-30-9-5-7-11-38(30)50(33)45(35)53)20-41(27)56-24-28-14-29(16-32(15-28)49(3)44(52)26-58)25-57-43-21-40-36(19-42(43)55-4)46(54)51-34(23-48(40)2)18-31-10-6-8-12-39(31)51/h5-16,19-21,33-34,47,58H,17-18,22-26H2,1-4H3/t33-,34-/m0/s1. The molecule has 2 atom stereocenters. The number of amides is 3. The SMILES string of the molecule is COc1cc2c(cc1OCc1cc(COc3cc4c(cc3C)C(=O)N3c5ccccc5C[C@H]3CN4)cc(N(C)C(=O)CS)c1)N(C)C[C@@H]1Cc3ccccc3N1C2=O. The Bertz CT molecular complexity index is 2490. The first-order chi connectivity index (χ1) is 28.1. The van der Waals surface area contributed by atoms with Crippen molar-refractivity contribution in [1.82, 2.24) is 0 Å². The fourth-order valence-electron chi connectivity index (χ4n) is 8.83. The van der Waals surface area contributed by atoms with Crippen molar-refractivity contribution >= 4 is 58.8 Å². The maximum atomic E-state index is 14.1. The van der Waals surface area contributed by atoms with E-state index in [9.17, 15) is 14.4 Å². The lowest BCUT2D eigenvalue weighted by molar-refractivity contribution is -0.115. The largest absolute Gasteiger partial charge is 0.493 e. The number of nitrogens with one attached hydrogen (secondary N) is 1. The van der Waals surface area contributed by atoms with Crippen molar-refractivity contribution in [3.8, 4) is 17.2 Å². The van der Waals surface area contributed by atoms with Gasteiger partial charge in [-0.3, -0.25) is 14.4 Å². The predicted octanol–water partition coefficient (Wildman–Crippen LogP) is 7.07. The minimum absolute atomic E-state index is 0.0159. The van der Waals surface area contributed by atoms with Crippen molar-refractivity contribution in [2.45, 2.75) is 45.1 Å². The van der Waals surface area contributed by atoms with Gasteiger partial charge < -0.3 is 39.1 Å². The average Bonchev–Trinajstić information content (AvgIpc) is 3.74. The smallest absolute Gasteiger partial charge is 0.260 e. The van der Waals surface area contributed by atoms with Gasteiger partial charge in [0.15, 0.2) is 11.5 Å². The first kappa shape index (κ1) is 37.4. The molecule has 12 heteroatoms. The number of para-hydroxylation sites is 2. The highest BCUT2D eigenvalue weighted by Crippen LogP contribution is 2.43. The van der Waals surface area contributed by atoms with E-state index in [1.54, 1.807) is 25.1 Å². The fourth-order valence-corrected chi connectivity index (χ4v) is 9.05. The molecule has 4 heterocycles. The van der Waals surface area contributed by atoms with Crippen LogP contribution in [-0.2, 0) is 30.8 Å². The topological polar surface area (TPSA) is 104 Å². The lowest BCUT2D eigenvalue weighted by atomic mass is 10.1. The number of nitrogens with zero attached hydrogens (tertiary/aromatic N) is 4. The summed E-state index contributed by atoms with van der Waals surface area (Å²) in [5, 5.41) is 3.52. The number of rotatable bonds is 9. The first-order valence-electron chi connectivity index (χ1n) is 19.5. The van der Waals surface area contributed by atoms with Gasteiger partial charge in [0.1, 0.15) is 19.0 Å². The van der Waals surface area contributed by atoms with Gasteiger partial charge in [-0.2, -0.15) is 12.6 Å². The summed E-state index contributed by atoms with van der Waals surface area (Å²) in [6, 6.07) is 29.5. The average molecular weight is 796 g/mol. The zero-order valence-electron chi connectivity index (χ0n) is 33.0. The van der Waals surface area contributed by atoms with E-state index in [-0.39, 0.29) is 48.8 Å². The van der Waals surface area contributed by atoms with Crippen LogP contribution in [0.5, 0.6) is 17.2 Å². The molecule has 0 aromatic heterocycles. The van der Waals surface area contributed by atoms with Crippen LogP contribution >= 0.6 is 12.6 Å². The van der Waals surface area contributed by atoms with E-state index >= 15 is 0 Å². The number of carbonyl (C=O) groups is 3. The summed E-state index contributed by atoms with van der Waals surface area (Å²) < 4.78 is 18.7. The molecule has 58 heavy (non-hydrogen) atoms. The summed E-state index contributed by atoms with van der Waals surface area (Å²) in [7, 11) is 5.29. The van der Waals surface area contributed by atoms with E-state index < -0.39 is 0 Å². The highest BCUT2D eigenvalue weighted by molar-refractivity contribution is 7.81. The molecule has 296 valence electrons. The monoisotopic (exact) mass is 795 g/mol. The summed E-state index contributed by atoms with van der Waals surface area (Å²) in [6.45, 7) is 3.60. The maximum Gasteiger partial charge on any atom is 0.260 e. The van der Waals surface area contributed by atoms with Gasteiger partial charge in [0, 0.05) is 56.4 Å². The van der Waals surface area contributed by atoms with E-state index in [4.69, 9.17) is 14.2 Å². The molecule has 0 bridgehead atoms. The van der Waals surface area contributed by atoms with Crippen molar-refractivity contribution in [2.75, 3.05) is 65.0 Å². The predicted molar refractivity (Wildman–Crippen MR) is 230 cm³/mol. The van der Waals surface area contributed by atoms with Crippen molar-refractivity contribution in [3.05, 3.63) is 130 Å². The molecule has 4 aliphatic rings. The number of methoxy groups -OCH3 is 1. The number of benzene rings is 5. The third-order valence-electron chi connectivity index (χ3n) is 11.8. The Morgan fingerprint density at radius 3 is 2.07 bits per heavy atom. The van der Waals surface area contributed by atoms with E-state index in [0.717, 1.165) is 52.3 Å². The molecule has 0 spiro atoms. The number of ether oxygens (including phenoxy) is 3. The van der Waals surface area contributed by atoms with Gasteiger partial charge in [-0.05, 0) is 90.0 Å². The Labute approximate surface area is 343 Å². The van der Waals surface area contributed by atoms with Crippen LogP contribution in [0.15, 0.2) is 91.0 Å². The Morgan fingerprint density at radius 2 is 1.40 bits per heavy atom. The van der Waals surface area contributed by atoms with Crippen LogP contribution in [0.2, 0.25) is 0 Å². The Kier molecular flexibility index (Phi) is 9.67. The molecule has 5 aromatic carbocycles. The van der Waals surface area contributed by atoms with Crippen LogP contribution < -0.4 is 39.1 Å². The molecular formula is C46H45N5O6S. The van der Waals surface area contributed by atoms with Crippen LogP contribution in [0.3, 0.4) is 0 Å². The number of hydrogen-bond donors (Lipinski definition) is 2. The molecule has 11 nitrogen and oxygen atoms in total. The lowest BCUT2D eigenvalue weighted by Crippen LogP contribution is -2.41. The van der Waals surface area contributed by atoms with Gasteiger partial charge in [-0.15, -0.1) is 0 Å². The van der Waals surface area contributed by atoms with Crippen LogP contribution in [0, 0.1) is 6.92 Å². The lowest BCUT2D eigenvalue weighted by Gasteiger charge is -2.25. The number of fused-ring (bicyclic) bond motifs is 8. The van der Waals surface area contributed by atoms with Crippen LogP contribution in [0.25, 0.3) is 0 Å². The van der Waals surface area contributed by atoms with Crippen LogP contribution in [0.4, 0.5) is 28.4 Å². The second kappa shape index (κ2) is 15.0. The second-order valence-corrected chi connectivity index (χ2v) is 15.8. The molecule has 0 fully saturated rings. The molecule has 0 radical (unpaired) electrons. The van der Waals surface area contributed by atoms with E-state index in [2.05, 4.69) is 35.0 Å². The van der Waals surface area contributed by atoms with Gasteiger partial charge >= 0.3 is 0 Å². The molecule has 0 saturated carbocycles. The molecular weight excluding hydrogens is 751 g/mol. The first-order valence-corrected chi connectivity index (χ1v) is 20.2. The summed E-state index contributed by atoms with van der Waals surface area (Å²) in [5.41, 5.74) is 10.1. The third kappa shape index (κ3) is 6.54. The second-order valence-electron chi connectivity index (χ2n) is 15.5. The Hall–Kier alpha value is -6.14. The summed E-state index contributed by atoms with van der Waals surface area (Å²) >= 11 is 4.23. The van der Waals surface area contributed by atoms with E-state index in [1.807, 2.05) is 96.6 Å². The van der Waals surface area contributed by atoms with Gasteiger partial charge in [0.2, 0.25) is 5.91 Å². The highest BCUT2D eigenvalue weighted by Gasteiger charge is 2.40. The number of aryl methyl sites for hydroxylation is 1. The Balaban J connectivity index is 0.968. The summed E-state index contributed by atoms with van der Waals surface area (Å²) in [5.74, 6) is 1.41. The van der Waals surface area contributed by atoms with Crippen molar-refractivity contribution in [2.24, 2.45) is 0 Å². The number of anilines is 5. The Morgan fingerprint density at radius 1 is 0.776 bits per heavy atom. The number of likely N-dealkylation sites (N-methyl/N-ethyl adjacent to an activating group) is 1. The molecule has 1 N–H and O–H groups in total. The van der Waals surface area contributed by atoms with Crippen LogP contribution in [0.1, 0.15) is 48.5 Å². The number of thiol groups is 1. The number of hydrogen-bond acceptors (Lipinski definition) is 9. The summed E-state index contributed by atoms with van der Waals surface area (Å²) in [4.78, 5) is 48.4. The fraction of sp³-hybridized carbons (Fsp3) is 0.283. The molecule has 9 rings (SSSR count). The minimum atomic E-state index is -0.156. The van der Waals surface area contributed by atoms with Gasteiger partial charge in [-0.1, -0.05) is 36.4 Å². The molecule has 0 unspecified atom stereocenters. The number of carbonyl (C=O) groups excluding carboxylic acids is 3. The van der Waals surface area contributed by atoms with Gasteiger partial charge in [-0.25, -0.2) is 0 Å². The van der Waals surface area contributed by atoms with Gasteiger partial charge in [0.05, 0.1) is 47.4 Å². The molecule has 0 saturated heterocycles. The van der Waals surface area contributed by atoms with E-state index in [1.165, 1.54) is 11.1 Å². The maximum absolute atomic E-state index is 14.1. The van der Waals surface area contributed by atoms with Gasteiger partial charge in [0.25, 0.3) is 11.8 Å². The minimum Gasteiger partial charge on any atom is -0.493 e. The van der Waals surface area contributed by atoms with Crippen LogP contribution in [-0.4, -0.2) is 69.9 Å². The van der Waals surface area contributed by atoms with Crippen molar-refractivity contribution in [3.63, 3.8) is 0 Å². The molecule has 4 aliphatic heterocycles. The van der Waals surface area contributed by atoms with E-state index in [0.29, 0.717) is 47.2 Å². The molecule has 5 aromatic rings. The quantitative estimate of drug-likeness (QED) is 0.153. The molecule has 3 amide bonds. The third-order valence-corrected chi connectivity index (χ3v) is 12.1.